The number of nitrogens with one attached hydrogen (secondary N) is 3. The molecule has 90 valence electrons. The van der Waals surface area contributed by atoms with Gasteiger partial charge >= 0.3 is 0 Å². The Bertz CT molecular complexity index is 181. The van der Waals surface area contributed by atoms with Crippen LogP contribution in [0.25, 0.3) is 0 Å². The van der Waals surface area contributed by atoms with Crippen LogP contribution >= 0.6 is 0 Å². The molecule has 0 aromatic heterocycles. The predicted octanol–water partition coefficient (Wildman–Crippen LogP) is 0.487. The average molecular weight is 215 g/mol. The van der Waals surface area contributed by atoms with Crippen LogP contribution in [0.4, 0.5) is 0 Å². The molecule has 0 aliphatic rings. The Morgan fingerprint density at radius 2 is 1.60 bits per heavy atom. The van der Waals surface area contributed by atoms with Crippen LogP contribution in [-0.4, -0.2) is 37.1 Å². The summed E-state index contributed by atoms with van der Waals surface area (Å²) >= 11 is 0. The molecule has 15 heavy (non-hydrogen) atoms. The summed E-state index contributed by atoms with van der Waals surface area (Å²) in [6.07, 6.45) is 0. The molecule has 0 aromatic rings. The van der Waals surface area contributed by atoms with Crippen molar-refractivity contribution in [2.45, 2.75) is 52.7 Å². The first-order valence-electron chi connectivity index (χ1n) is 5.70. The maximum Gasteiger partial charge on any atom is 0.236 e. The molecule has 1 atom stereocenters. The summed E-state index contributed by atoms with van der Waals surface area (Å²) in [6.45, 7) is 11.6. The molecule has 0 heterocycles. The molecule has 0 spiro atoms. The largest absolute Gasteiger partial charge is 0.353 e. The van der Waals surface area contributed by atoms with Gasteiger partial charge in [-0.05, 0) is 6.92 Å². The first-order chi connectivity index (χ1) is 6.93. The number of hydrogen-bond donors (Lipinski definition) is 3. The van der Waals surface area contributed by atoms with Gasteiger partial charge in [0.15, 0.2) is 0 Å². The van der Waals surface area contributed by atoms with Crippen molar-refractivity contribution in [3.8, 4) is 0 Å². The zero-order valence-corrected chi connectivity index (χ0v) is 10.6. The van der Waals surface area contributed by atoms with E-state index in [0.29, 0.717) is 18.6 Å². The second kappa shape index (κ2) is 7.65. The fourth-order valence-electron chi connectivity index (χ4n) is 1.28. The van der Waals surface area contributed by atoms with Crippen LogP contribution in [0, 0.1) is 0 Å². The highest BCUT2D eigenvalue weighted by molar-refractivity contribution is 5.81. The molecule has 0 saturated carbocycles. The lowest BCUT2D eigenvalue weighted by Crippen LogP contribution is -2.46. The fraction of sp³-hybridized carbons (Fsp3) is 0.909. The van der Waals surface area contributed by atoms with Gasteiger partial charge in [-0.15, -0.1) is 0 Å². The molecule has 1 amide bonds. The van der Waals surface area contributed by atoms with Gasteiger partial charge in [0, 0.05) is 25.2 Å². The minimum absolute atomic E-state index is 0.0641. The first kappa shape index (κ1) is 14.4. The smallest absolute Gasteiger partial charge is 0.236 e. The summed E-state index contributed by atoms with van der Waals surface area (Å²) in [5.74, 6) is 0.0641. The number of amides is 1. The summed E-state index contributed by atoms with van der Waals surface area (Å²) in [4.78, 5) is 11.5. The molecule has 0 saturated heterocycles. The zero-order valence-electron chi connectivity index (χ0n) is 10.6. The monoisotopic (exact) mass is 215 g/mol. The molecule has 0 aliphatic heterocycles. The van der Waals surface area contributed by atoms with Gasteiger partial charge in [-0.25, -0.2) is 0 Å². The molecule has 0 aliphatic carbocycles. The molecule has 0 bridgehead atoms. The SMILES string of the molecule is CC(C)NCCNC(=O)[C@@H](C)NC(C)C. The Balaban J connectivity index is 3.56. The lowest BCUT2D eigenvalue weighted by atomic mass is 10.2. The van der Waals surface area contributed by atoms with Crippen LogP contribution in [0.1, 0.15) is 34.6 Å². The second-order valence-electron chi connectivity index (χ2n) is 4.44. The minimum Gasteiger partial charge on any atom is -0.353 e. The van der Waals surface area contributed by atoms with Crippen LogP contribution in [0.2, 0.25) is 0 Å². The van der Waals surface area contributed by atoms with E-state index in [1.54, 1.807) is 0 Å². The third kappa shape index (κ3) is 8.39. The van der Waals surface area contributed by atoms with E-state index in [2.05, 4.69) is 29.8 Å². The van der Waals surface area contributed by atoms with Gasteiger partial charge in [-0.2, -0.15) is 0 Å². The third-order valence-corrected chi connectivity index (χ3v) is 1.95. The van der Waals surface area contributed by atoms with E-state index >= 15 is 0 Å². The third-order valence-electron chi connectivity index (χ3n) is 1.95. The molecule has 0 rings (SSSR count). The van der Waals surface area contributed by atoms with Crippen molar-refractivity contribution in [2.75, 3.05) is 13.1 Å². The Kier molecular flexibility index (Phi) is 7.34. The number of rotatable bonds is 7. The van der Waals surface area contributed by atoms with Crippen LogP contribution < -0.4 is 16.0 Å². The van der Waals surface area contributed by atoms with E-state index in [-0.39, 0.29) is 11.9 Å². The Morgan fingerprint density at radius 1 is 1.00 bits per heavy atom. The molecule has 0 fully saturated rings. The lowest BCUT2D eigenvalue weighted by molar-refractivity contribution is -0.122. The molecule has 0 unspecified atom stereocenters. The highest BCUT2D eigenvalue weighted by atomic mass is 16.2. The van der Waals surface area contributed by atoms with Crippen molar-refractivity contribution in [3.05, 3.63) is 0 Å². The van der Waals surface area contributed by atoms with Crippen molar-refractivity contribution in [2.24, 2.45) is 0 Å². The number of hydrogen-bond acceptors (Lipinski definition) is 3. The molecular formula is C11H25N3O. The Labute approximate surface area is 93.2 Å². The highest BCUT2D eigenvalue weighted by Crippen LogP contribution is 1.86. The summed E-state index contributed by atoms with van der Waals surface area (Å²) < 4.78 is 0. The standard InChI is InChI=1S/C11H25N3O/c1-8(2)12-6-7-13-11(15)10(5)14-9(3)4/h8-10,12,14H,6-7H2,1-5H3,(H,13,15)/t10-/m1/s1. The van der Waals surface area contributed by atoms with E-state index in [1.807, 2.05) is 20.8 Å². The van der Waals surface area contributed by atoms with Gasteiger partial charge in [-0.3, -0.25) is 4.79 Å². The summed E-state index contributed by atoms with van der Waals surface area (Å²) in [7, 11) is 0. The van der Waals surface area contributed by atoms with Crippen molar-refractivity contribution >= 4 is 5.91 Å². The van der Waals surface area contributed by atoms with E-state index in [0.717, 1.165) is 6.54 Å². The van der Waals surface area contributed by atoms with E-state index < -0.39 is 0 Å². The topological polar surface area (TPSA) is 53.2 Å². The zero-order chi connectivity index (χ0) is 11.8. The number of carbonyl (C=O) groups excluding carboxylic acids is 1. The first-order valence-corrected chi connectivity index (χ1v) is 5.70. The minimum atomic E-state index is -0.121. The maximum absolute atomic E-state index is 11.5. The molecule has 0 aromatic carbocycles. The lowest BCUT2D eigenvalue weighted by Gasteiger charge is -2.17. The number of carbonyl (C=O) groups is 1. The Hall–Kier alpha value is -0.610. The van der Waals surface area contributed by atoms with Crippen molar-refractivity contribution in [3.63, 3.8) is 0 Å². The predicted molar refractivity (Wildman–Crippen MR) is 63.9 cm³/mol. The molecular weight excluding hydrogens is 190 g/mol. The van der Waals surface area contributed by atoms with Gasteiger partial charge in [-0.1, -0.05) is 27.7 Å². The summed E-state index contributed by atoms with van der Waals surface area (Å²) in [5, 5.41) is 9.28. The van der Waals surface area contributed by atoms with Gasteiger partial charge < -0.3 is 16.0 Å². The van der Waals surface area contributed by atoms with E-state index in [4.69, 9.17) is 0 Å². The van der Waals surface area contributed by atoms with Gasteiger partial charge in [0.25, 0.3) is 0 Å². The van der Waals surface area contributed by atoms with Crippen LogP contribution in [0.15, 0.2) is 0 Å². The summed E-state index contributed by atoms with van der Waals surface area (Å²) in [6, 6.07) is 0.678. The molecule has 3 N–H and O–H groups in total. The Morgan fingerprint density at radius 3 is 2.07 bits per heavy atom. The van der Waals surface area contributed by atoms with E-state index in [9.17, 15) is 4.79 Å². The van der Waals surface area contributed by atoms with Gasteiger partial charge in [0.05, 0.1) is 6.04 Å². The second-order valence-corrected chi connectivity index (χ2v) is 4.44. The molecule has 4 heteroatoms. The maximum atomic E-state index is 11.5. The highest BCUT2D eigenvalue weighted by Gasteiger charge is 2.11. The van der Waals surface area contributed by atoms with Crippen LogP contribution in [-0.2, 0) is 4.79 Å². The quantitative estimate of drug-likeness (QED) is 0.542. The van der Waals surface area contributed by atoms with Crippen LogP contribution in [0.3, 0.4) is 0 Å². The van der Waals surface area contributed by atoms with Crippen molar-refractivity contribution < 1.29 is 4.79 Å². The molecule has 4 nitrogen and oxygen atoms in total. The fourth-order valence-corrected chi connectivity index (χ4v) is 1.28. The molecule has 0 radical (unpaired) electrons. The van der Waals surface area contributed by atoms with Gasteiger partial charge in [0.1, 0.15) is 0 Å². The van der Waals surface area contributed by atoms with Crippen molar-refractivity contribution in [1.29, 1.82) is 0 Å². The van der Waals surface area contributed by atoms with Crippen molar-refractivity contribution in [1.82, 2.24) is 16.0 Å². The normalized spacial score (nSPS) is 13.3. The van der Waals surface area contributed by atoms with Crippen LogP contribution in [0.5, 0.6) is 0 Å². The summed E-state index contributed by atoms with van der Waals surface area (Å²) in [5.41, 5.74) is 0. The van der Waals surface area contributed by atoms with E-state index in [1.165, 1.54) is 0 Å². The average Bonchev–Trinajstić information content (AvgIpc) is 2.10. The van der Waals surface area contributed by atoms with Gasteiger partial charge in [0.2, 0.25) is 5.91 Å².